The fourth-order valence-corrected chi connectivity index (χ4v) is 4.94. The number of likely N-dealkylation sites (N-methyl/N-ethyl adjacent to an activating group) is 1. The van der Waals surface area contributed by atoms with Gasteiger partial charge in [0.05, 0.1) is 12.6 Å². The Hall–Kier alpha value is -4.25. The van der Waals surface area contributed by atoms with E-state index in [2.05, 4.69) is 57.9 Å². The molecule has 1 aliphatic rings. The Kier molecular flexibility index (Phi) is 7.34. The van der Waals surface area contributed by atoms with Crippen LogP contribution < -0.4 is 21.3 Å². The van der Waals surface area contributed by atoms with Crippen LogP contribution in [0.4, 0.5) is 17.3 Å². The smallest absolute Gasteiger partial charge is 0.278 e. The molecule has 1 N–H and O–H groups in total. The zero-order chi connectivity index (χ0) is 27.7. The van der Waals surface area contributed by atoms with Crippen molar-refractivity contribution in [3.05, 3.63) is 75.5 Å². The summed E-state index contributed by atoms with van der Waals surface area (Å²) in [6, 6.07) is 9.23. The van der Waals surface area contributed by atoms with Crippen LogP contribution in [0.2, 0.25) is 0 Å². The minimum atomic E-state index is -0.259. The monoisotopic (exact) mass is 529 g/mol. The molecule has 1 fully saturated rings. The molecule has 204 valence electrons. The van der Waals surface area contributed by atoms with E-state index in [1.165, 1.54) is 32.9 Å². The summed E-state index contributed by atoms with van der Waals surface area (Å²) in [5.74, 6) is 0.769. The molecule has 0 spiro atoms. The molecule has 0 bridgehead atoms. The summed E-state index contributed by atoms with van der Waals surface area (Å²) in [5.41, 5.74) is 3.30. The predicted molar refractivity (Wildman–Crippen MR) is 155 cm³/mol. The summed E-state index contributed by atoms with van der Waals surface area (Å²) in [5, 5.41) is 8.20. The van der Waals surface area contributed by atoms with Gasteiger partial charge in [-0.25, -0.2) is 19.0 Å². The first-order valence-electron chi connectivity index (χ1n) is 13.3. The number of hydrogen-bond donors (Lipinski definition) is 1. The minimum Gasteiger partial charge on any atom is -0.369 e. The Morgan fingerprint density at radius 1 is 1.10 bits per heavy atom. The molecule has 0 unspecified atom stereocenters. The molecule has 0 atom stereocenters. The maximum Gasteiger partial charge on any atom is 0.278 e. The van der Waals surface area contributed by atoms with Crippen molar-refractivity contribution < 1.29 is 0 Å². The summed E-state index contributed by atoms with van der Waals surface area (Å²) >= 11 is 0. The lowest BCUT2D eigenvalue weighted by Crippen LogP contribution is -2.44. The van der Waals surface area contributed by atoms with Crippen LogP contribution in [0.25, 0.3) is 16.9 Å². The highest BCUT2D eigenvalue weighted by Gasteiger charge is 2.20. The molecule has 0 radical (unpaired) electrons. The third-order valence-corrected chi connectivity index (χ3v) is 7.06. The molecular weight excluding hydrogens is 494 g/mol. The Morgan fingerprint density at radius 2 is 1.87 bits per heavy atom. The summed E-state index contributed by atoms with van der Waals surface area (Å²) in [4.78, 5) is 39.5. The number of fused-ring (bicyclic) bond motifs is 1. The third kappa shape index (κ3) is 5.09. The van der Waals surface area contributed by atoms with Crippen LogP contribution >= 0.6 is 0 Å². The van der Waals surface area contributed by atoms with E-state index in [9.17, 15) is 9.59 Å². The molecule has 0 amide bonds. The quantitative estimate of drug-likeness (QED) is 0.347. The summed E-state index contributed by atoms with van der Waals surface area (Å²) < 4.78 is 4.50. The molecular formula is C28H35N9O2. The Balaban J connectivity index is 1.54. The predicted octanol–water partition coefficient (Wildman–Crippen LogP) is 2.96. The second-order valence-electron chi connectivity index (χ2n) is 10.1. The maximum absolute atomic E-state index is 13.2. The lowest BCUT2D eigenvalue weighted by atomic mass is 10.1. The van der Waals surface area contributed by atoms with E-state index in [0.29, 0.717) is 22.8 Å². The molecule has 1 saturated heterocycles. The molecule has 39 heavy (non-hydrogen) atoms. The Bertz CT molecular complexity index is 1620. The zero-order valence-corrected chi connectivity index (χ0v) is 23.0. The molecule has 1 aromatic carbocycles. The number of nitrogens with zero attached hydrogens (tertiary/aromatic N) is 8. The summed E-state index contributed by atoms with van der Waals surface area (Å²) in [6.07, 6.45) is 4.06. The topological polar surface area (TPSA) is 106 Å². The normalized spacial score (nSPS) is 14.3. The van der Waals surface area contributed by atoms with Crippen molar-refractivity contribution >= 4 is 28.4 Å². The largest absolute Gasteiger partial charge is 0.369 e. The number of allylic oxidation sites excluding steroid dienone is 1. The number of nitrogens with one attached hydrogen (secondary N) is 1. The summed E-state index contributed by atoms with van der Waals surface area (Å²) in [6.45, 7) is 14.1. The van der Waals surface area contributed by atoms with Gasteiger partial charge < -0.3 is 15.1 Å². The van der Waals surface area contributed by atoms with E-state index in [1.807, 2.05) is 19.9 Å². The van der Waals surface area contributed by atoms with Gasteiger partial charge in [-0.15, -0.1) is 11.7 Å². The van der Waals surface area contributed by atoms with Gasteiger partial charge in [0.1, 0.15) is 5.39 Å². The number of aromatic nitrogens is 6. The van der Waals surface area contributed by atoms with Crippen LogP contribution in [0.1, 0.15) is 32.4 Å². The van der Waals surface area contributed by atoms with Crippen LogP contribution in [-0.4, -0.2) is 67.2 Å². The van der Waals surface area contributed by atoms with Crippen molar-refractivity contribution in [2.45, 2.75) is 39.8 Å². The first-order chi connectivity index (χ1) is 18.8. The molecule has 3 aromatic heterocycles. The summed E-state index contributed by atoms with van der Waals surface area (Å²) in [7, 11) is 2.16. The van der Waals surface area contributed by atoms with Gasteiger partial charge in [0.25, 0.3) is 11.1 Å². The lowest BCUT2D eigenvalue weighted by molar-refractivity contribution is 0.312. The van der Waals surface area contributed by atoms with Crippen LogP contribution in [0.3, 0.4) is 0 Å². The van der Waals surface area contributed by atoms with Crippen molar-refractivity contribution in [1.29, 1.82) is 0 Å². The Labute approximate surface area is 227 Å². The third-order valence-electron chi connectivity index (χ3n) is 7.06. The van der Waals surface area contributed by atoms with E-state index < -0.39 is 0 Å². The fourth-order valence-electron chi connectivity index (χ4n) is 4.94. The Morgan fingerprint density at radius 3 is 2.56 bits per heavy atom. The van der Waals surface area contributed by atoms with Gasteiger partial charge in [0.2, 0.25) is 5.95 Å². The average Bonchev–Trinajstić information content (AvgIpc) is 3.20. The van der Waals surface area contributed by atoms with Crippen LogP contribution in [0.5, 0.6) is 0 Å². The van der Waals surface area contributed by atoms with E-state index in [1.54, 1.807) is 16.8 Å². The van der Waals surface area contributed by atoms with Gasteiger partial charge in [-0.05, 0) is 57.1 Å². The highest BCUT2D eigenvalue weighted by atomic mass is 16.1. The number of aryl methyl sites for hydroxylation is 1. The average molecular weight is 530 g/mol. The molecule has 11 nitrogen and oxygen atoms in total. The second kappa shape index (κ2) is 10.9. The molecule has 11 heteroatoms. The maximum atomic E-state index is 13.2. The van der Waals surface area contributed by atoms with Gasteiger partial charge in [-0.2, -0.15) is 4.98 Å². The van der Waals surface area contributed by atoms with E-state index >= 15 is 0 Å². The number of hydrogen-bond acceptors (Lipinski definition) is 8. The molecule has 0 aliphatic carbocycles. The van der Waals surface area contributed by atoms with E-state index in [-0.39, 0.29) is 23.7 Å². The molecule has 1 aliphatic heterocycles. The first-order valence-corrected chi connectivity index (χ1v) is 13.3. The zero-order valence-electron chi connectivity index (χ0n) is 23.0. The number of benzene rings is 1. The number of piperazine rings is 1. The van der Waals surface area contributed by atoms with Crippen molar-refractivity contribution in [1.82, 2.24) is 34.0 Å². The molecule has 0 saturated carbocycles. The van der Waals surface area contributed by atoms with E-state index in [0.717, 1.165) is 38.3 Å². The standard InChI is InChI=1S/C28H35N9O2/c1-6-12-35-27(39)22-18-29-28(31-26(22)37(35)24-10-11-25(38)36(32-24)19(3)4)30-21-8-9-23(20(7-2)17-21)34-15-13-33(5)14-16-34/h6,8-11,17-19H,1,7,12-16H2,2-5H3,(H,29,30,31). The van der Waals surface area contributed by atoms with Crippen LogP contribution in [0, 0.1) is 0 Å². The molecule has 4 heterocycles. The lowest BCUT2D eigenvalue weighted by Gasteiger charge is -2.35. The second-order valence-corrected chi connectivity index (χ2v) is 10.1. The van der Waals surface area contributed by atoms with Crippen molar-refractivity contribution in [2.24, 2.45) is 0 Å². The van der Waals surface area contributed by atoms with Gasteiger partial charge >= 0.3 is 0 Å². The number of anilines is 3. The van der Waals surface area contributed by atoms with Crippen LogP contribution in [-0.2, 0) is 13.0 Å². The SMILES string of the molecule is C=CCn1c(=O)c2cnc(Nc3ccc(N4CCN(C)CC4)c(CC)c3)nc2n1-c1ccc(=O)n(C(C)C)n1. The van der Waals surface area contributed by atoms with Crippen LogP contribution in [0.15, 0.2) is 58.8 Å². The highest BCUT2D eigenvalue weighted by molar-refractivity contribution is 5.77. The van der Waals surface area contributed by atoms with Gasteiger partial charge in [-0.1, -0.05) is 13.0 Å². The molecule has 5 rings (SSSR count). The van der Waals surface area contributed by atoms with Gasteiger partial charge in [-0.3, -0.25) is 9.59 Å². The fraction of sp³-hybridized carbons (Fsp3) is 0.393. The van der Waals surface area contributed by atoms with E-state index in [4.69, 9.17) is 4.98 Å². The van der Waals surface area contributed by atoms with Gasteiger partial charge in [0, 0.05) is 49.8 Å². The molecule has 4 aromatic rings. The van der Waals surface area contributed by atoms with Gasteiger partial charge in [0.15, 0.2) is 11.5 Å². The van der Waals surface area contributed by atoms with Crippen molar-refractivity contribution in [3.8, 4) is 5.82 Å². The number of rotatable bonds is 8. The van der Waals surface area contributed by atoms with Crippen molar-refractivity contribution in [3.63, 3.8) is 0 Å². The minimum absolute atomic E-state index is 0.146. The first kappa shape index (κ1) is 26.4. The highest BCUT2D eigenvalue weighted by Crippen LogP contribution is 2.27. The van der Waals surface area contributed by atoms with Crippen molar-refractivity contribution in [2.75, 3.05) is 43.4 Å².